The van der Waals surface area contributed by atoms with Gasteiger partial charge in [0.2, 0.25) is 5.91 Å². The van der Waals surface area contributed by atoms with Crippen molar-refractivity contribution in [3.05, 3.63) is 0 Å². The first kappa shape index (κ1) is 17.1. The minimum Gasteiger partial charge on any atom is -0.383 e. The number of hydrogen-bond donors (Lipinski definition) is 2. The van der Waals surface area contributed by atoms with Crippen LogP contribution in [0, 0.1) is 0 Å². The molecule has 15 heavy (non-hydrogen) atoms. The van der Waals surface area contributed by atoms with Crippen LogP contribution in [0.3, 0.4) is 0 Å². The zero-order valence-corrected chi connectivity index (χ0v) is 10.3. The first-order valence-electron chi connectivity index (χ1n) is 5.27. The van der Waals surface area contributed by atoms with Gasteiger partial charge in [-0.2, -0.15) is 0 Å². The summed E-state index contributed by atoms with van der Waals surface area (Å²) in [4.78, 5) is 11.2. The van der Waals surface area contributed by atoms with Gasteiger partial charge in [0.15, 0.2) is 0 Å². The molecule has 0 unspecified atom stereocenters. The molecule has 0 rings (SSSR count). The predicted octanol–water partition coefficient (Wildman–Crippen LogP) is 1.08. The quantitative estimate of drug-likeness (QED) is 0.591. The Morgan fingerprint density at radius 1 is 1.27 bits per heavy atom. The normalized spacial score (nSPS) is 9.47. The highest BCUT2D eigenvalue weighted by molar-refractivity contribution is 5.85. The lowest BCUT2D eigenvalue weighted by Gasteiger charge is -2.03. The SMILES string of the molecule is COCCNC(=O)CCCCCCN.Cl. The molecule has 92 valence electrons. The number of rotatable bonds is 9. The third-order valence-corrected chi connectivity index (χ3v) is 1.99. The van der Waals surface area contributed by atoms with E-state index in [0.29, 0.717) is 19.6 Å². The highest BCUT2D eigenvalue weighted by atomic mass is 35.5. The first-order chi connectivity index (χ1) is 6.81. The Bertz CT molecular complexity index is 145. The van der Waals surface area contributed by atoms with Crippen molar-refractivity contribution in [1.29, 1.82) is 0 Å². The van der Waals surface area contributed by atoms with Crippen molar-refractivity contribution in [2.24, 2.45) is 5.73 Å². The molecule has 0 aromatic heterocycles. The van der Waals surface area contributed by atoms with Crippen LogP contribution in [-0.2, 0) is 9.53 Å². The standard InChI is InChI=1S/C10H22N2O2.ClH/c1-14-9-8-12-10(13)6-4-2-3-5-7-11;/h2-9,11H2,1H3,(H,12,13);1H. The maximum atomic E-state index is 11.2. The van der Waals surface area contributed by atoms with Gasteiger partial charge in [-0.15, -0.1) is 12.4 Å². The van der Waals surface area contributed by atoms with Gasteiger partial charge in [-0.3, -0.25) is 4.79 Å². The van der Waals surface area contributed by atoms with Gasteiger partial charge in [0.1, 0.15) is 0 Å². The Labute approximate surface area is 98.3 Å². The predicted molar refractivity (Wildman–Crippen MR) is 64.3 cm³/mol. The highest BCUT2D eigenvalue weighted by Crippen LogP contribution is 2.01. The minimum absolute atomic E-state index is 0. The van der Waals surface area contributed by atoms with E-state index < -0.39 is 0 Å². The maximum absolute atomic E-state index is 11.2. The van der Waals surface area contributed by atoms with Gasteiger partial charge < -0.3 is 15.8 Å². The lowest BCUT2D eigenvalue weighted by Crippen LogP contribution is -2.26. The van der Waals surface area contributed by atoms with Crippen molar-refractivity contribution in [2.45, 2.75) is 32.1 Å². The highest BCUT2D eigenvalue weighted by Gasteiger charge is 1.99. The first-order valence-corrected chi connectivity index (χ1v) is 5.27. The molecule has 0 aromatic carbocycles. The Hall–Kier alpha value is -0.320. The van der Waals surface area contributed by atoms with Gasteiger partial charge in [-0.05, 0) is 19.4 Å². The van der Waals surface area contributed by atoms with Crippen LogP contribution in [0.15, 0.2) is 0 Å². The molecule has 0 atom stereocenters. The molecule has 0 aromatic rings. The van der Waals surface area contributed by atoms with Crippen molar-refractivity contribution in [1.82, 2.24) is 5.32 Å². The van der Waals surface area contributed by atoms with Gasteiger partial charge in [0, 0.05) is 20.1 Å². The molecule has 0 fully saturated rings. The molecule has 1 amide bonds. The van der Waals surface area contributed by atoms with Crippen LogP contribution in [0.5, 0.6) is 0 Å². The summed E-state index contributed by atoms with van der Waals surface area (Å²) in [5.74, 6) is 0.120. The Morgan fingerprint density at radius 2 is 1.93 bits per heavy atom. The van der Waals surface area contributed by atoms with E-state index in [1.165, 1.54) is 0 Å². The zero-order chi connectivity index (χ0) is 10.6. The fraction of sp³-hybridized carbons (Fsp3) is 0.900. The van der Waals surface area contributed by atoms with E-state index >= 15 is 0 Å². The third-order valence-electron chi connectivity index (χ3n) is 1.99. The number of nitrogens with two attached hydrogens (primary N) is 1. The molecule has 0 bridgehead atoms. The van der Waals surface area contributed by atoms with Crippen LogP contribution in [-0.4, -0.2) is 32.7 Å². The summed E-state index contributed by atoms with van der Waals surface area (Å²) in [5.41, 5.74) is 5.36. The molecule has 0 aliphatic carbocycles. The van der Waals surface area contributed by atoms with E-state index in [2.05, 4.69) is 5.32 Å². The topological polar surface area (TPSA) is 64.3 Å². The van der Waals surface area contributed by atoms with E-state index in [1.54, 1.807) is 7.11 Å². The zero-order valence-electron chi connectivity index (χ0n) is 9.46. The maximum Gasteiger partial charge on any atom is 0.220 e. The summed E-state index contributed by atoms with van der Waals surface area (Å²) in [5, 5.41) is 2.79. The second-order valence-electron chi connectivity index (χ2n) is 3.30. The van der Waals surface area contributed by atoms with Crippen LogP contribution in [0.2, 0.25) is 0 Å². The number of amides is 1. The monoisotopic (exact) mass is 238 g/mol. The molecule has 0 spiro atoms. The fourth-order valence-corrected chi connectivity index (χ4v) is 1.16. The number of unbranched alkanes of at least 4 members (excludes halogenated alkanes) is 3. The van der Waals surface area contributed by atoms with Gasteiger partial charge >= 0.3 is 0 Å². The third kappa shape index (κ3) is 13.7. The van der Waals surface area contributed by atoms with Gasteiger partial charge in [-0.1, -0.05) is 12.8 Å². The van der Waals surface area contributed by atoms with Gasteiger partial charge in [0.25, 0.3) is 0 Å². The lowest BCUT2D eigenvalue weighted by atomic mass is 10.1. The van der Waals surface area contributed by atoms with Crippen LogP contribution >= 0.6 is 12.4 Å². The van der Waals surface area contributed by atoms with E-state index in [-0.39, 0.29) is 18.3 Å². The Kier molecular flexibility index (Phi) is 15.6. The summed E-state index contributed by atoms with van der Waals surface area (Å²) < 4.78 is 4.82. The van der Waals surface area contributed by atoms with Gasteiger partial charge in [0.05, 0.1) is 6.61 Å². The van der Waals surface area contributed by atoms with E-state index in [4.69, 9.17) is 10.5 Å². The molecule has 4 nitrogen and oxygen atoms in total. The molecule has 5 heteroatoms. The van der Waals surface area contributed by atoms with Crippen molar-refractivity contribution in [3.63, 3.8) is 0 Å². The van der Waals surface area contributed by atoms with Crippen molar-refractivity contribution in [2.75, 3.05) is 26.8 Å². The average Bonchev–Trinajstić information content (AvgIpc) is 2.18. The number of carbonyl (C=O) groups excluding carboxylic acids is 1. The smallest absolute Gasteiger partial charge is 0.220 e. The molecule has 0 aliphatic rings. The summed E-state index contributed by atoms with van der Waals surface area (Å²) >= 11 is 0. The molecular weight excluding hydrogens is 216 g/mol. The summed E-state index contributed by atoms with van der Waals surface area (Å²) in [6.07, 6.45) is 4.86. The van der Waals surface area contributed by atoms with Crippen molar-refractivity contribution < 1.29 is 9.53 Å². The van der Waals surface area contributed by atoms with Crippen LogP contribution in [0.25, 0.3) is 0 Å². The number of halogens is 1. The second-order valence-corrected chi connectivity index (χ2v) is 3.30. The van der Waals surface area contributed by atoms with Crippen molar-refractivity contribution in [3.8, 4) is 0 Å². The summed E-state index contributed by atoms with van der Waals surface area (Å²) in [6, 6.07) is 0. The average molecular weight is 239 g/mol. The molecular formula is C10H23ClN2O2. The lowest BCUT2D eigenvalue weighted by molar-refractivity contribution is -0.121. The Balaban J connectivity index is 0. The molecule has 0 saturated heterocycles. The molecule has 0 aliphatic heterocycles. The number of ether oxygens (including phenoxy) is 1. The van der Waals surface area contributed by atoms with E-state index in [9.17, 15) is 4.79 Å². The number of hydrogen-bond acceptors (Lipinski definition) is 3. The summed E-state index contributed by atoms with van der Waals surface area (Å²) in [7, 11) is 1.62. The Morgan fingerprint density at radius 3 is 2.53 bits per heavy atom. The van der Waals surface area contributed by atoms with Crippen molar-refractivity contribution >= 4 is 18.3 Å². The fourth-order valence-electron chi connectivity index (χ4n) is 1.16. The van der Waals surface area contributed by atoms with Crippen LogP contribution in [0.4, 0.5) is 0 Å². The molecule has 0 radical (unpaired) electrons. The van der Waals surface area contributed by atoms with Crippen LogP contribution in [0.1, 0.15) is 32.1 Å². The van der Waals surface area contributed by atoms with E-state index in [1.807, 2.05) is 0 Å². The number of methoxy groups -OCH3 is 1. The number of nitrogens with one attached hydrogen (secondary N) is 1. The minimum atomic E-state index is 0. The second kappa shape index (κ2) is 13.7. The summed E-state index contributed by atoms with van der Waals surface area (Å²) in [6.45, 7) is 1.94. The molecule has 3 N–H and O–H groups in total. The largest absolute Gasteiger partial charge is 0.383 e. The molecule has 0 saturated carbocycles. The van der Waals surface area contributed by atoms with Crippen LogP contribution < -0.4 is 11.1 Å². The molecule has 0 heterocycles. The number of carbonyl (C=O) groups is 1. The van der Waals surface area contributed by atoms with Gasteiger partial charge in [-0.25, -0.2) is 0 Å². The van der Waals surface area contributed by atoms with E-state index in [0.717, 1.165) is 32.2 Å².